The van der Waals surface area contributed by atoms with E-state index in [2.05, 4.69) is 27.4 Å². The molecule has 1 fully saturated rings. The lowest BCUT2D eigenvalue weighted by Crippen LogP contribution is -2.40. The number of likely N-dealkylation sites (tertiary alicyclic amines) is 1. The molecule has 0 radical (unpaired) electrons. The quantitative estimate of drug-likeness (QED) is 0.813. The molecular weight excluding hydrogens is 355 g/mol. The average molecular weight is 376 g/mol. The van der Waals surface area contributed by atoms with Crippen LogP contribution in [0.2, 0.25) is 0 Å². The smallest absolute Gasteiger partial charge is 0.270 e. The molecule has 2 amide bonds. The first kappa shape index (κ1) is 18.5. The van der Waals surface area contributed by atoms with Gasteiger partial charge in [-0.15, -0.1) is 11.3 Å². The zero-order chi connectivity index (χ0) is 18.5. The van der Waals surface area contributed by atoms with Crippen molar-refractivity contribution in [3.05, 3.63) is 46.7 Å². The number of rotatable bonds is 6. The van der Waals surface area contributed by atoms with Gasteiger partial charge in [-0.2, -0.15) is 0 Å². The van der Waals surface area contributed by atoms with Gasteiger partial charge in [0.25, 0.3) is 11.8 Å². The molecule has 1 saturated heterocycles. The maximum Gasteiger partial charge on any atom is 0.270 e. The highest BCUT2D eigenvalue weighted by molar-refractivity contribution is 7.14. The van der Waals surface area contributed by atoms with Crippen LogP contribution in [0.15, 0.2) is 29.6 Å². The highest BCUT2D eigenvalue weighted by Gasteiger charge is 2.23. The van der Waals surface area contributed by atoms with E-state index in [0.29, 0.717) is 17.7 Å². The standard InChI is InChI=1S/C18H21FN4O2S/c1-2-23-8-4-7-14(23)10-20-17(25)15-11-26-18(21-15)22-16(24)12-5-3-6-13(19)9-12/h3,5-6,9,11,14H,2,4,7-8,10H2,1H3,(H,20,25)(H,21,22,24)/t14-/m1/s1. The Balaban J connectivity index is 1.55. The van der Waals surface area contributed by atoms with E-state index in [-0.39, 0.29) is 17.2 Å². The Kier molecular flexibility index (Phi) is 5.95. The second-order valence-electron chi connectivity index (χ2n) is 6.14. The number of benzene rings is 1. The molecule has 1 atom stereocenters. The molecule has 138 valence electrons. The molecule has 1 aliphatic rings. The molecule has 1 aliphatic heterocycles. The van der Waals surface area contributed by atoms with E-state index >= 15 is 0 Å². The minimum Gasteiger partial charge on any atom is -0.349 e. The van der Waals surface area contributed by atoms with Crippen molar-refractivity contribution in [2.75, 3.05) is 25.0 Å². The summed E-state index contributed by atoms with van der Waals surface area (Å²) < 4.78 is 13.2. The zero-order valence-corrected chi connectivity index (χ0v) is 15.3. The normalized spacial score (nSPS) is 17.2. The first-order valence-electron chi connectivity index (χ1n) is 8.61. The van der Waals surface area contributed by atoms with Gasteiger partial charge in [-0.05, 0) is 44.1 Å². The average Bonchev–Trinajstić information content (AvgIpc) is 3.28. The Morgan fingerprint density at radius 3 is 3.00 bits per heavy atom. The maximum absolute atomic E-state index is 13.2. The Hall–Kier alpha value is -2.32. The predicted molar refractivity (Wildman–Crippen MR) is 99.1 cm³/mol. The third kappa shape index (κ3) is 4.44. The third-order valence-electron chi connectivity index (χ3n) is 4.45. The lowest BCUT2D eigenvalue weighted by Gasteiger charge is -2.22. The van der Waals surface area contributed by atoms with Crippen molar-refractivity contribution in [1.29, 1.82) is 0 Å². The second-order valence-corrected chi connectivity index (χ2v) is 7.00. The van der Waals surface area contributed by atoms with Crippen LogP contribution in [0.5, 0.6) is 0 Å². The maximum atomic E-state index is 13.2. The van der Waals surface area contributed by atoms with Gasteiger partial charge in [0, 0.05) is 23.5 Å². The van der Waals surface area contributed by atoms with Gasteiger partial charge < -0.3 is 5.32 Å². The summed E-state index contributed by atoms with van der Waals surface area (Å²) in [5.74, 6) is -1.20. The fourth-order valence-electron chi connectivity index (χ4n) is 3.08. The molecule has 0 spiro atoms. The number of halogens is 1. The predicted octanol–water partition coefficient (Wildman–Crippen LogP) is 2.75. The van der Waals surface area contributed by atoms with Crippen LogP contribution in [0.3, 0.4) is 0 Å². The number of nitrogens with one attached hydrogen (secondary N) is 2. The lowest BCUT2D eigenvalue weighted by molar-refractivity contribution is 0.0936. The van der Waals surface area contributed by atoms with E-state index in [9.17, 15) is 14.0 Å². The number of likely N-dealkylation sites (N-methyl/N-ethyl adjacent to an activating group) is 1. The van der Waals surface area contributed by atoms with Gasteiger partial charge in [0.2, 0.25) is 0 Å². The molecule has 0 unspecified atom stereocenters. The minimum absolute atomic E-state index is 0.201. The van der Waals surface area contributed by atoms with Crippen molar-refractivity contribution in [3.8, 4) is 0 Å². The molecule has 0 bridgehead atoms. The summed E-state index contributed by atoms with van der Waals surface area (Å²) in [5.41, 5.74) is 0.470. The van der Waals surface area contributed by atoms with E-state index in [1.807, 2.05) is 0 Å². The van der Waals surface area contributed by atoms with Crippen LogP contribution >= 0.6 is 11.3 Å². The van der Waals surface area contributed by atoms with Gasteiger partial charge in [0.1, 0.15) is 11.5 Å². The number of thiazole rings is 1. The van der Waals surface area contributed by atoms with E-state index in [1.54, 1.807) is 5.38 Å². The number of carbonyl (C=O) groups excluding carboxylic acids is 2. The van der Waals surface area contributed by atoms with Gasteiger partial charge in [-0.1, -0.05) is 13.0 Å². The Morgan fingerprint density at radius 2 is 2.23 bits per heavy atom. The fraction of sp³-hybridized carbons (Fsp3) is 0.389. The highest BCUT2D eigenvalue weighted by Crippen LogP contribution is 2.18. The van der Waals surface area contributed by atoms with Crippen molar-refractivity contribution < 1.29 is 14.0 Å². The number of carbonyl (C=O) groups is 2. The summed E-state index contributed by atoms with van der Waals surface area (Å²) in [6, 6.07) is 5.77. The molecule has 1 aromatic heterocycles. The van der Waals surface area contributed by atoms with Crippen LogP contribution in [0.25, 0.3) is 0 Å². The minimum atomic E-state index is -0.482. The molecule has 2 heterocycles. The van der Waals surface area contributed by atoms with Crippen LogP contribution in [0.4, 0.5) is 9.52 Å². The Bertz CT molecular complexity index is 795. The summed E-state index contributed by atoms with van der Waals surface area (Å²) >= 11 is 1.16. The molecular formula is C18H21FN4O2S. The third-order valence-corrected chi connectivity index (χ3v) is 5.21. The largest absolute Gasteiger partial charge is 0.349 e. The Labute approximate surface area is 155 Å². The molecule has 2 aromatic rings. The van der Waals surface area contributed by atoms with Gasteiger partial charge >= 0.3 is 0 Å². The van der Waals surface area contributed by atoms with Crippen LogP contribution in [0, 0.1) is 5.82 Å². The van der Waals surface area contributed by atoms with Gasteiger partial charge in [0.05, 0.1) is 0 Å². The summed E-state index contributed by atoms with van der Waals surface area (Å²) in [6.45, 7) is 4.76. The molecule has 26 heavy (non-hydrogen) atoms. The van der Waals surface area contributed by atoms with E-state index in [1.165, 1.54) is 18.2 Å². The van der Waals surface area contributed by atoms with Crippen molar-refractivity contribution in [3.63, 3.8) is 0 Å². The molecule has 0 saturated carbocycles. The number of aromatic nitrogens is 1. The van der Waals surface area contributed by atoms with Crippen LogP contribution in [-0.2, 0) is 0 Å². The molecule has 1 aromatic carbocycles. The number of amides is 2. The monoisotopic (exact) mass is 376 g/mol. The molecule has 0 aliphatic carbocycles. The van der Waals surface area contributed by atoms with Crippen LogP contribution in [-0.4, -0.2) is 47.4 Å². The summed E-state index contributed by atoms with van der Waals surface area (Å²) in [7, 11) is 0. The molecule has 6 nitrogen and oxygen atoms in total. The second kappa shape index (κ2) is 8.37. The lowest BCUT2D eigenvalue weighted by atomic mass is 10.2. The molecule has 2 N–H and O–H groups in total. The fourth-order valence-corrected chi connectivity index (χ4v) is 3.76. The molecule has 8 heteroatoms. The first-order chi connectivity index (χ1) is 12.6. The van der Waals surface area contributed by atoms with Crippen LogP contribution in [0.1, 0.15) is 40.6 Å². The summed E-state index contributed by atoms with van der Waals surface area (Å²) in [6.07, 6.45) is 2.24. The van der Waals surface area contributed by atoms with Crippen molar-refractivity contribution in [2.45, 2.75) is 25.8 Å². The van der Waals surface area contributed by atoms with Gasteiger partial charge in [-0.3, -0.25) is 19.8 Å². The SMILES string of the molecule is CCN1CCC[C@@H]1CNC(=O)c1csc(NC(=O)c2cccc(F)c2)n1. The van der Waals surface area contributed by atoms with Crippen molar-refractivity contribution in [1.82, 2.24) is 15.2 Å². The van der Waals surface area contributed by atoms with E-state index in [0.717, 1.165) is 43.3 Å². The topological polar surface area (TPSA) is 74.3 Å². The number of nitrogens with zero attached hydrogens (tertiary/aromatic N) is 2. The van der Waals surface area contributed by atoms with Gasteiger partial charge in [-0.25, -0.2) is 9.37 Å². The molecule has 3 rings (SSSR count). The van der Waals surface area contributed by atoms with Crippen molar-refractivity contribution in [2.24, 2.45) is 0 Å². The first-order valence-corrected chi connectivity index (χ1v) is 9.49. The van der Waals surface area contributed by atoms with E-state index in [4.69, 9.17) is 0 Å². The number of hydrogen-bond acceptors (Lipinski definition) is 5. The number of hydrogen-bond donors (Lipinski definition) is 2. The van der Waals surface area contributed by atoms with Gasteiger partial charge in [0.15, 0.2) is 5.13 Å². The highest BCUT2D eigenvalue weighted by atomic mass is 32.1. The zero-order valence-electron chi connectivity index (χ0n) is 14.5. The summed E-state index contributed by atoms with van der Waals surface area (Å²) in [4.78, 5) is 30.9. The Morgan fingerprint density at radius 1 is 1.38 bits per heavy atom. The summed E-state index contributed by atoms with van der Waals surface area (Å²) in [5, 5.41) is 7.41. The number of anilines is 1. The van der Waals surface area contributed by atoms with Crippen molar-refractivity contribution >= 4 is 28.3 Å². The van der Waals surface area contributed by atoms with E-state index < -0.39 is 11.7 Å². The van der Waals surface area contributed by atoms with Crippen LogP contribution < -0.4 is 10.6 Å².